The van der Waals surface area contributed by atoms with Gasteiger partial charge in [-0.3, -0.25) is 4.79 Å². The first-order valence-electron chi connectivity index (χ1n) is 6.85. The standard InChI is InChI=1S/C17H15NO3/c19-16-9-10-18(15-8-4-3-7-14(15)16)11-12-5-1-2-6-13(12)17(20)21/h1-8H,9-11H2,(H,20,21). The molecule has 106 valence electrons. The number of ketones is 1. The first-order valence-corrected chi connectivity index (χ1v) is 6.85. The minimum Gasteiger partial charge on any atom is -0.478 e. The van der Waals surface area contributed by atoms with Gasteiger partial charge in [-0.05, 0) is 23.8 Å². The number of carboxylic acid groups (broad SMARTS) is 1. The number of fused-ring (bicyclic) bond motifs is 1. The van der Waals surface area contributed by atoms with Crippen LogP contribution in [0.25, 0.3) is 0 Å². The number of rotatable bonds is 3. The fourth-order valence-corrected chi connectivity index (χ4v) is 2.71. The van der Waals surface area contributed by atoms with Crippen LogP contribution in [0, 0.1) is 0 Å². The summed E-state index contributed by atoms with van der Waals surface area (Å²) in [4.78, 5) is 25.3. The molecule has 0 saturated carbocycles. The van der Waals surface area contributed by atoms with E-state index in [1.807, 2.05) is 36.4 Å². The lowest BCUT2D eigenvalue weighted by atomic mass is 9.99. The van der Waals surface area contributed by atoms with Gasteiger partial charge in [-0.15, -0.1) is 0 Å². The summed E-state index contributed by atoms with van der Waals surface area (Å²) in [6, 6.07) is 14.5. The van der Waals surface area contributed by atoms with E-state index in [-0.39, 0.29) is 5.78 Å². The zero-order chi connectivity index (χ0) is 14.8. The van der Waals surface area contributed by atoms with Crippen molar-refractivity contribution in [3.63, 3.8) is 0 Å². The normalized spacial score (nSPS) is 13.9. The van der Waals surface area contributed by atoms with Crippen LogP contribution in [0.15, 0.2) is 48.5 Å². The Morgan fingerprint density at radius 2 is 1.81 bits per heavy atom. The number of para-hydroxylation sites is 1. The fraction of sp³-hybridized carbons (Fsp3) is 0.176. The van der Waals surface area contributed by atoms with E-state index in [9.17, 15) is 14.7 Å². The quantitative estimate of drug-likeness (QED) is 0.939. The molecule has 2 aromatic carbocycles. The third kappa shape index (κ3) is 2.52. The maximum absolute atomic E-state index is 11.9. The maximum atomic E-state index is 11.9. The van der Waals surface area contributed by atoms with Gasteiger partial charge in [0.15, 0.2) is 5.78 Å². The highest BCUT2D eigenvalue weighted by molar-refractivity contribution is 6.03. The van der Waals surface area contributed by atoms with Crippen molar-refractivity contribution in [3.8, 4) is 0 Å². The number of carboxylic acids is 1. The number of aromatic carboxylic acids is 1. The molecule has 1 N–H and O–H groups in total. The molecule has 0 saturated heterocycles. The zero-order valence-corrected chi connectivity index (χ0v) is 11.5. The van der Waals surface area contributed by atoms with E-state index in [2.05, 4.69) is 4.90 Å². The smallest absolute Gasteiger partial charge is 0.336 e. The minimum atomic E-state index is -0.924. The van der Waals surface area contributed by atoms with Gasteiger partial charge in [0, 0.05) is 30.8 Å². The topological polar surface area (TPSA) is 57.6 Å². The summed E-state index contributed by atoms with van der Waals surface area (Å²) in [5.74, 6) is -0.777. The number of benzene rings is 2. The Kier molecular flexibility index (Phi) is 3.44. The molecule has 0 unspecified atom stereocenters. The zero-order valence-electron chi connectivity index (χ0n) is 11.5. The summed E-state index contributed by atoms with van der Waals surface area (Å²) < 4.78 is 0. The summed E-state index contributed by atoms with van der Waals surface area (Å²) in [6.07, 6.45) is 0.465. The third-order valence-corrected chi connectivity index (χ3v) is 3.76. The van der Waals surface area contributed by atoms with Crippen molar-refractivity contribution >= 4 is 17.4 Å². The van der Waals surface area contributed by atoms with Gasteiger partial charge in [-0.1, -0.05) is 30.3 Å². The van der Waals surface area contributed by atoms with Crippen molar-refractivity contribution in [2.45, 2.75) is 13.0 Å². The maximum Gasteiger partial charge on any atom is 0.336 e. The molecule has 1 aliphatic heterocycles. The molecular weight excluding hydrogens is 266 g/mol. The van der Waals surface area contributed by atoms with Crippen LogP contribution < -0.4 is 4.90 Å². The number of carbonyl (C=O) groups is 2. The van der Waals surface area contributed by atoms with Crippen molar-refractivity contribution in [2.75, 3.05) is 11.4 Å². The van der Waals surface area contributed by atoms with E-state index in [1.54, 1.807) is 12.1 Å². The molecule has 1 heterocycles. The second-order valence-corrected chi connectivity index (χ2v) is 5.07. The average Bonchev–Trinajstić information content (AvgIpc) is 2.51. The van der Waals surface area contributed by atoms with Crippen LogP contribution in [-0.4, -0.2) is 23.4 Å². The number of nitrogens with zero attached hydrogens (tertiary/aromatic N) is 1. The first-order chi connectivity index (χ1) is 10.2. The molecule has 4 heteroatoms. The second kappa shape index (κ2) is 5.40. The molecule has 21 heavy (non-hydrogen) atoms. The fourth-order valence-electron chi connectivity index (χ4n) is 2.71. The van der Waals surface area contributed by atoms with E-state index < -0.39 is 5.97 Å². The minimum absolute atomic E-state index is 0.147. The molecule has 0 amide bonds. The van der Waals surface area contributed by atoms with E-state index in [4.69, 9.17) is 0 Å². The molecule has 0 spiro atoms. The third-order valence-electron chi connectivity index (χ3n) is 3.76. The van der Waals surface area contributed by atoms with E-state index in [1.165, 1.54) is 0 Å². The lowest BCUT2D eigenvalue weighted by Gasteiger charge is -2.30. The molecule has 3 rings (SSSR count). The van der Waals surface area contributed by atoms with E-state index in [0.717, 1.165) is 16.8 Å². The van der Waals surface area contributed by atoms with Gasteiger partial charge in [0.25, 0.3) is 0 Å². The Hall–Kier alpha value is -2.62. The van der Waals surface area contributed by atoms with Crippen molar-refractivity contribution in [3.05, 3.63) is 65.2 Å². The van der Waals surface area contributed by atoms with Crippen molar-refractivity contribution < 1.29 is 14.7 Å². The molecule has 0 fully saturated rings. The Bertz CT molecular complexity index is 709. The van der Waals surface area contributed by atoms with Gasteiger partial charge in [-0.2, -0.15) is 0 Å². The summed E-state index contributed by atoms with van der Waals surface area (Å²) in [5, 5.41) is 9.26. The van der Waals surface area contributed by atoms with Gasteiger partial charge in [-0.25, -0.2) is 4.79 Å². The lowest BCUT2D eigenvalue weighted by Crippen LogP contribution is -2.32. The number of hydrogen-bond acceptors (Lipinski definition) is 3. The number of anilines is 1. The molecule has 1 aliphatic rings. The summed E-state index contributed by atoms with van der Waals surface area (Å²) in [6.45, 7) is 1.11. The predicted octanol–water partition coefficient (Wildman–Crippen LogP) is 2.98. The van der Waals surface area contributed by atoms with Crippen LogP contribution in [-0.2, 0) is 6.54 Å². The SMILES string of the molecule is O=C(O)c1ccccc1CN1CCC(=O)c2ccccc21. The average molecular weight is 281 g/mol. The number of carbonyl (C=O) groups excluding carboxylic acids is 1. The number of hydrogen-bond donors (Lipinski definition) is 1. The van der Waals surface area contributed by atoms with Crippen LogP contribution >= 0.6 is 0 Å². The van der Waals surface area contributed by atoms with Gasteiger partial charge in [0.1, 0.15) is 0 Å². The van der Waals surface area contributed by atoms with Gasteiger partial charge in [0.05, 0.1) is 5.56 Å². The second-order valence-electron chi connectivity index (χ2n) is 5.07. The summed E-state index contributed by atoms with van der Waals surface area (Å²) >= 11 is 0. The Balaban J connectivity index is 1.95. The van der Waals surface area contributed by atoms with Crippen molar-refractivity contribution in [2.24, 2.45) is 0 Å². The van der Waals surface area contributed by atoms with Crippen LogP contribution in [0.1, 0.15) is 32.7 Å². The molecule has 0 aromatic heterocycles. The molecule has 0 bridgehead atoms. The summed E-state index contributed by atoms with van der Waals surface area (Å²) in [7, 11) is 0. The molecule has 0 atom stereocenters. The van der Waals surface area contributed by atoms with Crippen molar-refractivity contribution in [1.29, 1.82) is 0 Å². The van der Waals surface area contributed by atoms with Crippen LogP contribution in [0.4, 0.5) is 5.69 Å². The molecule has 2 aromatic rings. The lowest BCUT2D eigenvalue weighted by molar-refractivity contribution is 0.0695. The van der Waals surface area contributed by atoms with E-state index >= 15 is 0 Å². The van der Waals surface area contributed by atoms with Gasteiger partial charge in [0.2, 0.25) is 0 Å². The van der Waals surface area contributed by atoms with Crippen LogP contribution in [0.3, 0.4) is 0 Å². The molecule has 0 radical (unpaired) electrons. The van der Waals surface area contributed by atoms with Gasteiger partial charge < -0.3 is 10.0 Å². The highest BCUT2D eigenvalue weighted by atomic mass is 16.4. The highest BCUT2D eigenvalue weighted by Crippen LogP contribution is 2.28. The Morgan fingerprint density at radius 1 is 1.10 bits per heavy atom. The monoisotopic (exact) mass is 281 g/mol. The van der Waals surface area contributed by atoms with E-state index in [0.29, 0.717) is 25.1 Å². The highest BCUT2D eigenvalue weighted by Gasteiger charge is 2.23. The number of Topliss-reactive ketones (excluding diaryl/α,β-unsaturated/α-hetero) is 1. The summed E-state index contributed by atoms with van der Waals surface area (Å²) in [5.41, 5.74) is 2.67. The van der Waals surface area contributed by atoms with Crippen molar-refractivity contribution in [1.82, 2.24) is 0 Å². The largest absolute Gasteiger partial charge is 0.478 e. The Labute approximate surface area is 122 Å². The Morgan fingerprint density at radius 3 is 2.62 bits per heavy atom. The molecule has 0 aliphatic carbocycles. The molecule has 4 nitrogen and oxygen atoms in total. The predicted molar refractivity (Wildman–Crippen MR) is 79.8 cm³/mol. The van der Waals surface area contributed by atoms with Gasteiger partial charge >= 0.3 is 5.97 Å². The van der Waals surface area contributed by atoms with Crippen LogP contribution in [0.2, 0.25) is 0 Å². The van der Waals surface area contributed by atoms with Crippen LogP contribution in [0.5, 0.6) is 0 Å². The molecular formula is C17H15NO3. The first kappa shape index (κ1) is 13.4.